The summed E-state index contributed by atoms with van der Waals surface area (Å²) in [5.41, 5.74) is 3.04. The third-order valence-corrected chi connectivity index (χ3v) is 3.96. The second-order valence-corrected chi connectivity index (χ2v) is 5.98. The van der Waals surface area contributed by atoms with Crippen LogP contribution in [0.1, 0.15) is 21.5 Å². The summed E-state index contributed by atoms with van der Waals surface area (Å²) in [5, 5.41) is 3.13. The van der Waals surface area contributed by atoms with E-state index in [-0.39, 0.29) is 5.78 Å². The van der Waals surface area contributed by atoms with E-state index in [0.29, 0.717) is 6.42 Å². The Labute approximate surface area is 133 Å². The molecule has 0 spiro atoms. The Morgan fingerprint density at radius 3 is 2.50 bits per heavy atom. The number of benzene rings is 2. The van der Waals surface area contributed by atoms with Crippen molar-refractivity contribution in [2.24, 2.45) is 0 Å². The molecule has 0 aliphatic heterocycles. The first-order valence-corrected chi connectivity index (χ1v) is 7.78. The lowest BCUT2D eigenvalue weighted by atomic mass is 9.97. The van der Waals surface area contributed by atoms with Crippen molar-refractivity contribution in [3.63, 3.8) is 0 Å². The molecule has 2 aromatic rings. The predicted molar refractivity (Wildman–Crippen MR) is 91.3 cm³/mol. The van der Waals surface area contributed by atoms with Gasteiger partial charge in [-0.05, 0) is 65.9 Å². The minimum absolute atomic E-state index is 0.193. The van der Waals surface area contributed by atoms with Crippen LogP contribution in [0.3, 0.4) is 0 Å². The van der Waals surface area contributed by atoms with Crippen molar-refractivity contribution in [1.82, 2.24) is 5.32 Å². The number of rotatable bonds is 6. The molecule has 1 N–H and O–H groups in total. The lowest BCUT2D eigenvalue weighted by molar-refractivity contribution is 0.0992. The van der Waals surface area contributed by atoms with E-state index in [1.807, 2.05) is 55.6 Å². The Morgan fingerprint density at radius 2 is 1.80 bits per heavy atom. The van der Waals surface area contributed by atoms with Crippen LogP contribution in [0.25, 0.3) is 0 Å². The zero-order chi connectivity index (χ0) is 14.4. The number of Topliss-reactive ketones (excluding diaryl/α,β-unsaturated/α-hetero) is 1. The van der Waals surface area contributed by atoms with Gasteiger partial charge in [0.2, 0.25) is 0 Å². The second-order valence-electron chi connectivity index (χ2n) is 4.74. The van der Waals surface area contributed by atoms with Gasteiger partial charge in [0.05, 0.1) is 0 Å². The predicted octanol–water partition coefficient (Wildman–Crippen LogP) is 3.48. The van der Waals surface area contributed by atoms with Gasteiger partial charge in [-0.3, -0.25) is 4.79 Å². The zero-order valence-electron chi connectivity index (χ0n) is 11.5. The van der Waals surface area contributed by atoms with E-state index in [2.05, 4.69) is 27.9 Å². The topological polar surface area (TPSA) is 29.1 Å². The van der Waals surface area contributed by atoms with Crippen LogP contribution in [-0.4, -0.2) is 19.4 Å². The van der Waals surface area contributed by atoms with Crippen molar-refractivity contribution in [2.45, 2.75) is 12.8 Å². The van der Waals surface area contributed by atoms with Gasteiger partial charge in [-0.15, -0.1) is 0 Å². The first-order chi connectivity index (χ1) is 9.70. The standard InChI is InChI=1S/C17H18INO/c1-19-11-10-14-4-2-3-5-16(14)17(20)12-13-6-8-15(18)9-7-13/h2-9,19H,10-12H2,1H3. The minimum Gasteiger partial charge on any atom is -0.319 e. The summed E-state index contributed by atoms with van der Waals surface area (Å²) in [6.07, 6.45) is 1.35. The summed E-state index contributed by atoms with van der Waals surface area (Å²) in [7, 11) is 1.93. The molecular formula is C17H18INO. The number of carbonyl (C=O) groups excluding carboxylic acids is 1. The highest BCUT2D eigenvalue weighted by Gasteiger charge is 2.11. The Kier molecular flexibility index (Phi) is 5.73. The third kappa shape index (κ3) is 4.15. The number of ketones is 1. The van der Waals surface area contributed by atoms with Crippen LogP contribution in [-0.2, 0) is 12.8 Å². The van der Waals surface area contributed by atoms with Crippen LogP contribution in [0.15, 0.2) is 48.5 Å². The summed E-state index contributed by atoms with van der Waals surface area (Å²) in [6.45, 7) is 0.883. The molecule has 0 saturated heterocycles. The number of likely N-dealkylation sites (N-methyl/N-ethyl adjacent to an activating group) is 1. The largest absolute Gasteiger partial charge is 0.319 e. The van der Waals surface area contributed by atoms with Crippen molar-refractivity contribution < 1.29 is 4.79 Å². The van der Waals surface area contributed by atoms with Gasteiger partial charge in [0.15, 0.2) is 5.78 Å². The average molecular weight is 379 g/mol. The second kappa shape index (κ2) is 7.55. The monoisotopic (exact) mass is 379 g/mol. The highest BCUT2D eigenvalue weighted by Crippen LogP contribution is 2.14. The van der Waals surface area contributed by atoms with Crippen LogP contribution < -0.4 is 5.32 Å². The van der Waals surface area contributed by atoms with Crippen LogP contribution in [0.2, 0.25) is 0 Å². The van der Waals surface area contributed by atoms with Gasteiger partial charge in [-0.1, -0.05) is 36.4 Å². The maximum absolute atomic E-state index is 12.5. The van der Waals surface area contributed by atoms with Gasteiger partial charge in [-0.25, -0.2) is 0 Å². The van der Waals surface area contributed by atoms with E-state index in [1.54, 1.807) is 0 Å². The van der Waals surface area contributed by atoms with E-state index in [0.717, 1.165) is 29.7 Å². The van der Waals surface area contributed by atoms with Gasteiger partial charge < -0.3 is 5.32 Å². The number of carbonyl (C=O) groups is 1. The quantitative estimate of drug-likeness (QED) is 0.615. The summed E-state index contributed by atoms with van der Waals surface area (Å²) >= 11 is 2.27. The van der Waals surface area contributed by atoms with E-state index in [1.165, 1.54) is 3.57 Å². The molecule has 2 aromatic carbocycles. The van der Waals surface area contributed by atoms with E-state index in [4.69, 9.17) is 0 Å². The normalized spacial score (nSPS) is 10.5. The molecule has 0 heterocycles. The van der Waals surface area contributed by atoms with E-state index in [9.17, 15) is 4.79 Å². The molecule has 0 aliphatic rings. The maximum Gasteiger partial charge on any atom is 0.167 e. The molecule has 20 heavy (non-hydrogen) atoms. The van der Waals surface area contributed by atoms with Crippen molar-refractivity contribution in [3.05, 3.63) is 68.8 Å². The van der Waals surface area contributed by atoms with Crippen molar-refractivity contribution in [2.75, 3.05) is 13.6 Å². The number of nitrogens with one attached hydrogen (secondary N) is 1. The summed E-state index contributed by atoms with van der Waals surface area (Å²) in [6, 6.07) is 16.0. The fourth-order valence-corrected chi connectivity index (χ4v) is 2.51. The summed E-state index contributed by atoms with van der Waals surface area (Å²) < 4.78 is 1.19. The zero-order valence-corrected chi connectivity index (χ0v) is 13.7. The molecule has 2 nitrogen and oxygen atoms in total. The molecule has 104 valence electrons. The summed E-state index contributed by atoms with van der Waals surface area (Å²) in [4.78, 5) is 12.5. The van der Waals surface area contributed by atoms with Gasteiger partial charge in [0, 0.05) is 15.6 Å². The van der Waals surface area contributed by atoms with Gasteiger partial charge >= 0.3 is 0 Å². The highest BCUT2D eigenvalue weighted by molar-refractivity contribution is 14.1. The maximum atomic E-state index is 12.5. The van der Waals surface area contributed by atoms with E-state index >= 15 is 0 Å². The van der Waals surface area contributed by atoms with Crippen LogP contribution >= 0.6 is 22.6 Å². The first-order valence-electron chi connectivity index (χ1n) is 6.71. The molecule has 0 saturated carbocycles. The summed E-state index contributed by atoms with van der Waals surface area (Å²) in [5.74, 6) is 0.193. The number of hydrogen-bond donors (Lipinski definition) is 1. The first kappa shape index (κ1) is 15.2. The molecule has 0 amide bonds. The molecular weight excluding hydrogens is 361 g/mol. The fraction of sp³-hybridized carbons (Fsp3) is 0.235. The molecule has 0 aromatic heterocycles. The number of halogens is 1. The number of hydrogen-bond acceptors (Lipinski definition) is 2. The Morgan fingerprint density at radius 1 is 1.10 bits per heavy atom. The van der Waals surface area contributed by atoms with Gasteiger partial charge in [0.25, 0.3) is 0 Å². The molecule has 0 atom stereocenters. The molecule has 0 radical (unpaired) electrons. The van der Waals surface area contributed by atoms with Crippen LogP contribution in [0, 0.1) is 3.57 Å². The van der Waals surface area contributed by atoms with E-state index < -0.39 is 0 Å². The minimum atomic E-state index is 0.193. The average Bonchev–Trinajstić information content (AvgIpc) is 2.47. The molecule has 0 fully saturated rings. The molecule has 3 heteroatoms. The van der Waals surface area contributed by atoms with Gasteiger partial charge in [0.1, 0.15) is 0 Å². The Hall–Kier alpha value is -1.20. The molecule has 0 unspecified atom stereocenters. The third-order valence-electron chi connectivity index (χ3n) is 3.24. The lowest BCUT2D eigenvalue weighted by Crippen LogP contribution is -2.14. The van der Waals surface area contributed by atoms with Crippen LogP contribution in [0.5, 0.6) is 0 Å². The Balaban J connectivity index is 2.14. The molecule has 0 bridgehead atoms. The van der Waals surface area contributed by atoms with Crippen LogP contribution in [0.4, 0.5) is 0 Å². The fourth-order valence-electron chi connectivity index (χ4n) is 2.15. The Bertz CT molecular complexity index is 578. The highest BCUT2D eigenvalue weighted by atomic mass is 127. The van der Waals surface area contributed by atoms with Crippen molar-refractivity contribution in [3.8, 4) is 0 Å². The van der Waals surface area contributed by atoms with Crippen molar-refractivity contribution in [1.29, 1.82) is 0 Å². The molecule has 2 rings (SSSR count). The SMILES string of the molecule is CNCCc1ccccc1C(=O)Cc1ccc(I)cc1. The molecule has 0 aliphatic carbocycles. The van der Waals surface area contributed by atoms with Crippen molar-refractivity contribution >= 4 is 28.4 Å². The lowest BCUT2D eigenvalue weighted by Gasteiger charge is -2.08. The van der Waals surface area contributed by atoms with Gasteiger partial charge in [-0.2, -0.15) is 0 Å². The smallest absolute Gasteiger partial charge is 0.167 e.